The summed E-state index contributed by atoms with van der Waals surface area (Å²) in [4.78, 5) is 12.6. The summed E-state index contributed by atoms with van der Waals surface area (Å²) in [6, 6.07) is 14.1. The van der Waals surface area contributed by atoms with Crippen LogP contribution in [0.4, 0.5) is 0 Å². The van der Waals surface area contributed by atoms with Gasteiger partial charge in [0.05, 0.1) is 17.5 Å². The second kappa shape index (κ2) is 9.24. The maximum atomic E-state index is 12.5. The van der Waals surface area contributed by atoms with Crippen molar-refractivity contribution in [1.82, 2.24) is 9.62 Å². The number of fused-ring (bicyclic) bond motifs is 1. The van der Waals surface area contributed by atoms with Crippen LogP contribution in [0.5, 0.6) is 5.75 Å². The van der Waals surface area contributed by atoms with Gasteiger partial charge in [-0.3, -0.25) is 4.79 Å². The van der Waals surface area contributed by atoms with E-state index in [4.69, 9.17) is 4.74 Å². The Hall–Kier alpha value is -2.64. The third-order valence-electron chi connectivity index (χ3n) is 4.93. The molecule has 6 nitrogen and oxygen atoms in total. The average Bonchev–Trinajstić information content (AvgIpc) is 2.73. The lowest BCUT2D eigenvalue weighted by molar-refractivity contribution is -0.117. The Kier molecular flexibility index (Phi) is 6.71. The number of amides is 1. The summed E-state index contributed by atoms with van der Waals surface area (Å²) in [6.07, 6.45) is 3.86. The Morgan fingerprint density at radius 2 is 1.83 bits per heavy atom. The Bertz CT molecular complexity index is 980. The van der Waals surface area contributed by atoms with E-state index in [0.29, 0.717) is 26.1 Å². The van der Waals surface area contributed by atoms with Crippen LogP contribution in [0.1, 0.15) is 37.4 Å². The van der Waals surface area contributed by atoms with E-state index in [1.54, 1.807) is 30.3 Å². The van der Waals surface area contributed by atoms with Crippen molar-refractivity contribution in [2.45, 2.75) is 31.2 Å². The van der Waals surface area contributed by atoms with Gasteiger partial charge >= 0.3 is 0 Å². The molecule has 1 heterocycles. The third-order valence-corrected chi connectivity index (χ3v) is 6.99. The van der Waals surface area contributed by atoms with Crippen LogP contribution in [0.25, 0.3) is 6.08 Å². The molecule has 2 aromatic rings. The number of benzene rings is 2. The molecular weight excluding hydrogens is 388 g/mol. The van der Waals surface area contributed by atoms with Crippen LogP contribution in [0.15, 0.2) is 59.5 Å². The highest BCUT2D eigenvalue weighted by Gasteiger charge is 2.22. The summed E-state index contributed by atoms with van der Waals surface area (Å²) >= 11 is 0. The first kappa shape index (κ1) is 21.1. The molecule has 7 heteroatoms. The van der Waals surface area contributed by atoms with Crippen LogP contribution in [0, 0.1) is 0 Å². The number of rotatable bonds is 7. The van der Waals surface area contributed by atoms with E-state index in [1.807, 2.05) is 38.1 Å². The van der Waals surface area contributed by atoms with Crippen LogP contribution in [-0.2, 0) is 14.8 Å². The molecule has 1 atom stereocenters. The maximum Gasteiger partial charge on any atom is 0.244 e. The summed E-state index contributed by atoms with van der Waals surface area (Å²) in [7, 11) is -3.48. The van der Waals surface area contributed by atoms with Gasteiger partial charge in [0.25, 0.3) is 0 Å². The van der Waals surface area contributed by atoms with Crippen LogP contribution in [-0.4, -0.2) is 38.3 Å². The fraction of sp³-hybridized carbons (Fsp3) is 0.318. The van der Waals surface area contributed by atoms with Gasteiger partial charge in [0.1, 0.15) is 5.75 Å². The quantitative estimate of drug-likeness (QED) is 0.705. The van der Waals surface area contributed by atoms with E-state index in [2.05, 4.69) is 5.32 Å². The molecule has 0 fully saturated rings. The van der Waals surface area contributed by atoms with Crippen molar-refractivity contribution in [1.29, 1.82) is 0 Å². The molecule has 3 rings (SSSR count). The largest absolute Gasteiger partial charge is 0.493 e. The maximum absolute atomic E-state index is 12.5. The molecule has 0 radical (unpaired) electrons. The molecule has 1 N–H and O–H groups in total. The summed E-state index contributed by atoms with van der Waals surface area (Å²) < 4.78 is 32.1. The number of sulfonamides is 1. The first-order valence-corrected chi connectivity index (χ1v) is 11.2. The second-order valence-corrected chi connectivity index (χ2v) is 8.67. The molecule has 0 unspecified atom stereocenters. The zero-order valence-corrected chi connectivity index (χ0v) is 17.5. The first-order chi connectivity index (χ1) is 14.0. The van der Waals surface area contributed by atoms with E-state index >= 15 is 0 Å². The molecule has 0 aromatic heterocycles. The summed E-state index contributed by atoms with van der Waals surface area (Å²) in [5, 5.41) is 3.00. The molecule has 1 aliphatic rings. The number of nitrogens with zero attached hydrogens (tertiary/aromatic N) is 1. The number of carbonyl (C=O) groups is 1. The molecule has 0 bridgehead atoms. The lowest BCUT2D eigenvalue weighted by Gasteiger charge is -2.26. The SMILES string of the molecule is CCN(CC)S(=O)(=O)c1ccc(/C=C/C(=O)N[C@@H]2CCOc3ccccc32)cc1. The highest BCUT2D eigenvalue weighted by molar-refractivity contribution is 7.89. The average molecular weight is 415 g/mol. The first-order valence-electron chi connectivity index (χ1n) is 9.76. The van der Waals surface area contributed by atoms with Crippen molar-refractivity contribution in [3.05, 3.63) is 65.7 Å². The van der Waals surface area contributed by atoms with Crippen molar-refractivity contribution < 1.29 is 17.9 Å². The number of ether oxygens (including phenoxy) is 1. The van der Waals surface area contributed by atoms with Gasteiger partial charge in [-0.2, -0.15) is 4.31 Å². The highest BCUT2D eigenvalue weighted by Crippen LogP contribution is 2.31. The second-order valence-electron chi connectivity index (χ2n) is 6.73. The predicted molar refractivity (Wildman–Crippen MR) is 113 cm³/mol. The summed E-state index contributed by atoms with van der Waals surface area (Å²) in [5.41, 5.74) is 1.73. The summed E-state index contributed by atoms with van der Waals surface area (Å²) in [6.45, 7) is 5.04. The number of hydrogen-bond donors (Lipinski definition) is 1. The van der Waals surface area contributed by atoms with Gasteiger partial charge in [-0.1, -0.05) is 44.2 Å². The molecule has 29 heavy (non-hydrogen) atoms. The Morgan fingerprint density at radius 1 is 1.14 bits per heavy atom. The van der Waals surface area contributed by atoms with Crippen molar-refractivity contribution in [3.63, 3.8) is 0 Å². The molecule has 154 valence electrons. The van der Waals surface area contributed by atoms with Crippen molar-refractivity contribution in [2.75, 3.05) is 19.7 Å². The topological polar surface area (TPSA) is 75.7 Å². The van der Waals surface area contributed by atoms with Crippen LogP contribution < -0.4 is 10.1 Å². The van der Waals surface area contributed by atoms with Gasteiger partial charge in [-0.15, -0.1) is 0 Å². The smallest absolute Gasteiger partial charge is 0.244 e. The fourth-order valence-electron chi connectivity index (χ4n) is 3.35. The Balaban J connectivity index is 1.66. The minimum Gasteiger partial charge on any atom is -0.493 e. The zero-order chi connectivity index (χ0) is 20.9. The number of para-hydroxylation sites is 1. The minimum absolute atomic E-state index is 0.0845. The van der Waals surface area contributed by atoms with Crippen LogP contribution >= 0.6 is 0 Å². The van der Waals surface area contributed by atoms with Crippen molar-refractivity contribution in [3.8, 4) is 5.75 Å². The van der Waals surface area contributed by atoms with Gasteiger partial charge in [-0.05, 0) is 29.8 Å². The molecule has 0 aliphatic carbocycles. The minimum atomic E-state index is -3.48. The third kappa shape index (κ3) is 4.86. The normalized spacial score (nSPS) is 16.4. The van der Waals surface area contributed by atoms with E-state index < -0.39 is 10.0 Å². The fourth-order valence-corrected chi connectivity index (χ4v) is 4.81. The standard InChI is InChI=1S/C22H26N2O4S/c1-3-24(4-2)29(26,27)18-12-9-17(10-13-18)11-14-22(25)23-20-15-16-28-21-8-6-5-7-19(20)21/h5-14,20H,3-4,15-16H2,1-2H3,(H,23,25)/b14-11+/t20-/m1/s1. The van der Waals surface area contributed by atoms with Gasteiger partial charge in [0.15, 0.2) is 0 Å². The molecular formula is C22H26N2O4S. The highest BCUT2D eigenvalue weighted by atomic mass is 32.2. The van der Waals surface area contributed by atoms with E-state index in [1.165, 1.54) is 10.4 Å². The molecule has 1 aliphatic heterocycles. The number of nitrogens with one attached hydrogen (secondary N) is 1. The monoisotopic (exact) mass is 414 g/mol. The van der Waals surface area contributed by atoms with Crippen molar-refractivity contribution in [2.24, 2.45) is 0 Å². The van der Waals surface area contributed by atoms with E-state index in [0.717, 1.165) is 16.9 Å². The number of carbonyl (C=O) groups excluding carboxylic acids is 1. The molecule has 0 saturated heterocycles. The van der Waals surface area contributed by atoms with Gasteiger partial charge < -0.3 is 10.1 Å². The molecule has 1 amide bonds. The lowest BCUT2D eigenvalue weighted by atomic mass is 10.0. The van der Waals surface area contributed by atoms with E-state index in [9.17, 15) is 13.2 Å². The Labute approximate surface area is 172 Å². The van der Waals surface area contributed by atoms with Gasteiger partial charge in [0.2, 0.25) is 15.9 Å². The summed E-state index contributed by atoms with van der Waals surface area (Å²) in [5.74, 6) is 0.601. The lowest BCUT2D eigenvalue weighted by Crippen LogP contribution is -2.30. The zero-order valence-electron chi connectivity index (χ0n) is 16.7. The van der Waals surface area contributed by atoms with E-state index in [-0.39, 0.29) is 16.8 Å². The van der Waals surface area contributed by atoms with Crippen LogP contribution in [0.3, 0.4) is 0 Å². The molecule has 2 aromatic carbocycles. The van der Waals surface area contributed by atoms with Crippen LogP contribution in [0.2, 0.25) is 0 Å². The number of hydrogen-bond acceptors (Lipinski definition) is 4. The van der Waals surface area contributed by atoms with Crippen molar-refractivity contribution >= 4 is 22.0 Å². The predicted octanol–water partition coefficient (Wildman–Crippen LogP) is 3.37. The molecule has 0 spiro atoms. The molecule has 0 saturated carbocycles. The van der Waals surface area contributed by atoms with Gasteiger partial charge in [-0.25, -0.2) is 8.42 Å². The Morgan fingerprint density at radius 3 is 2.52 bits per heavy atom. The van der Waals surface area contributed by atoms with Gasteiger partial charge in [0, 0.05) is 31.1 Å².